The molecule has 1 aromatic carbocycles. The van der Waals surface area contributed by atoms with Crippen LogP contribution in [-0.4, -0.2) is 0 Å². The number of hydrazine groups is 1. The number of hydrogen-bond acceptors (Lipinski definition) is 2. The van der Waals surface area contributed by atoms with Gasteiger partial charge in [0.1, 0.15) is 0 Å². The van der Waals surface area contributed by atoms with Gasteiger partial charge < -0.3 is 0 Å². The van der Waals surface area contributed by atoms with Gasteiger partial charge in [-0.15, -0.1) is 0 Å². The highest BCUT2D eigenvalue weighted by Gasteiger charge is 2.26. The summed E-state index contributed by atoms with van der Waals surface area (Å²) in [5.41, 5.74) is 3.69. The SMILES string of the molecule is CC(C)(C)C(NN)c1cc(Cl)ccc1Cl. The summed E-state index contributed by atoms with van der Waals surface area (Å²) in [7, 11) is 0. The van der Waals surface area contributed by atoms with Crippen molar-refractivity contribution >= 4 is 23.2 Å². The van der Waals surface area contributed by atoms with Crippen molar-refractivity contribution in [1.82, 2.24) is 5.43 Å². The van der Waals surface area contributed by atoms with Crippen LogP contribution < -0.4 is 11.3 Å². The first kappa shape index (κ1) is 12.8. The van der Waals surface area contributed by atoms with E-state index in [-0.39, 0.29) is 11.5 Å². The lowest BCUT2D eigenvalue weighted by atomic mass is 9.83. The minimum absolute atomic E-state index is 0.0244. The fraction of sp³-hybridized carbons (Fsp3) is 0.455. The molecule has 0 heterocycles. The molecule has 0 aliphatic rings. The average Bonchev–Trinajstić information content (AvgIpc) is 2.10. The maximum absolute atomic E-state index is 6.12. The molecule has 0 bridgehead atoms. The number of rotatable bonds is 2. The smallest absolute Gasteiger partial charge is 0.0523 e. The van der Waals surface area contributed by atoms with Crippen LogP contribution in [0.5, 0.6) is 0 Å². The Kier molecular flexibility index (Phi) is 4.01. The third kappa shape index (κ3) is 3.08. The molecule has 3 N–H and O–H groups in total. The van der Waals surface area contributed by atoms with E-state index in [0.29, 0.717) is 10.0 Å². The summed E-state index contributed by atoms with van der Waals surface area (Å²) in [6.45, 7) is 6.28. The molecule has 0 amide bonds. The Morgan fingerprint density at radius 3 is 2.33 bits per heavy atom. The number of halogens is 2. The van der Waals surface area contributed by atoms with Crippen molar-refractivity contribution in [2.75, 3.05) is 0 Å². The van der Waals surface area contributed by atoms with Crippen molar-refractivity contribution in [3.05, 3.63) is 33.8 Å². The highest BCUT2D eigenvalue weighted by Crippen LogP contribution is 2.36. The minimum atomic E-state index is -0.0247. The molecule has 84 valence electrons. The third-order valence-electron chi connectivity index (χ3n) is 2.30. The van der Waals surface area contributed by atoms with Gasteiger partial charge in [0.05, 0.1) is 6.04 Å². The Hall–Kier alpha value is -0.280. The first-order valence-electron chi connectivity index (χ1n) is 4.77. The third-order valence-corrected chi connectivity index (χ3v) is 2.88. The summed E-state index contributed by atoms with van der Waals surface area (Å²) in [5, 5.41) is 1.34. The number of nitrogens with two attached hydrogens (primary N) is 1. The average molecular weight is 247 g/mol. The summed E-state index contributed by atoms with van der Waals surface area (Å²) < 4.78 is 0. The normalized spacial score (nSPS) is 14.0. The Morgan fingerprint density at radius 1 is 1.27 bits per heavy atom. The zero-order chi connectivity index (χ0) is 11.6. The topological polar surface area (TPSA) is 38.0 Å². The zero-order valence-electron chi connectivity index (χ0n) is 9.14. The molecule has 1 unspecified atom stereocenters. The molecule has 0 saturated heterocycles. The van der Waals surface area contributed by atoms with Gasteiger partial charge in [-0.2, -0.15) is 0 Å². The number of nitrogens with one attached hydrogen (secondary N) is 1. The van der Waals surface area contributed by atoms with Gasteiger partial charge in [0.25, 0.3) is 0 Å². The molecular formula is C11H16Cl2N2. The molecule has 0 radical (unpaired) electrons. The van der Waals surface area contributed by atoms with Gasteiger partial charge in [-0.3, -0.25) is 11.3 Å². The van der Waals surface area contributed by atoms with Gasteiger partial charge in [-0.1, -0.05) is 44.0 Å². The van der Waals surface area contributed by atoms with Crippen molar-refractivity contribution in [2.24, 2.45) is 11.3 Å². The zero-order valence-corrected chi connectivity index (χ0v) is 10.7. The Bertz CT molecular complexity index is 345. The van der Waals surface area contributed by atoms with Crippen molar-refractivity contribution in [2.45, 2.75) is 26.8 Å². The van der Waals surface area contributed by atoms with Crippen LogP contribution in [0, 0.1) is 5.41 Å². The first-order chi connectivity index (χ1) is 6.86. The predicted octanol–water partition coefficient (Wildman–Crippen LogP) is 3.54. The van der Waals surface area contributed by atoms with E-state index >= 15 is 0 Å². The second kappa shape index (κ2) is 4.71. The van der Waals surface area contributed by atoms with Crippen LogP contribution >= 0.6 is 23.2 Å². The van der Waals surface area contributed by atoms with Gasteiger partial charge in [0.15, 0.2) is 0 Å². The number of benzene rings is 1. The molecule has 0 aromatic heterocycles. The molecule has 0 aliphatic carbocycles. The molecule has 1 aromatic rings. The fourth-order valence-electron chi connectivity index (χ4n) is 1.54. The molecule has 4 heteroatoms. The largest absolute Gasteiger partial charge is 0.271 e. The van der Waals surface area contributed by atoms with E-state index in [0.717, 1.165) is 5.56 Å². The van der Waals surface area contributed by atoms with Crippen LogP contribution in [0.4, 0.5) is 0 Å². The summed E-state index contributed by atoms with van der Waals surface area (Å²) in [5.74, 6) is 5.56. The van der Waals surface area contributed by atoms with Crippen LogP contribution in [0.15, 0.2) is 18.2 Å². The number of hydrogen-bond donors (Lipinski definition) is 2. The van der Waals surface area contributed by atoms with Gasteiger partial charge in [-0.25, -0.2) is 0 Å². The predicted molar refractivity (Wildman–Crippen MR) is 66.0 cm³/mol. The Morgan fingerprint density at radius 2 is 1.87 bits per heavy atom. The highest BCUT2D eigenvalue weighted by atomic mass is 35.5. The molecule has 0 saturated carbocycles. The van der Waals surface area contributed by atoms with Gasteiger partial charge >= 0.3 is 0 Å². The molecule has 1 rings (SSSR count). The summed E-state index contributed by atoms with van der Waals surface area (Å²) >= 11 is 12.1. The van der Waals surface area contributed by atoms with Crippen LogP contribution in [0.2, 0.25) is 10.0 Å². The molecular weight excluding hydrogens is 231 g/mol. The lowest BCUT2D eigenvalue weighted by Crippen LogP contribution is -2.37. The molecule has 0 spiro atoms. The van der Waals surface area contributed by atoms with Gasteiger partial charge in [-0.05, 0) is 29.2 Å². The maximum atomic E-state index is 6.12. The summed E-state index contributed by atoms with van der Waals surface area (Å²) in [4.78, 5) is 0. The quantitative estimate of drug-likeness (QED) is 0.619. The maximum Gasteiger partial charge on any atom is 0.0523 e. The van der Waals surface area contributed by atoms with E-state index in [2.05, 4.69) is 26.2 Å². The van der Waals surface area contributed by atoms with E-state index < -0.39 is 0 Å². The Balaban J connectivity index is 3.18. The van der Waals surface area contributed by atoms with E-state index in [4.69, 9.17) is 29.0 Å². The first-order valence-corrected chi connectivity index (χ1v) is 5.53. The summed E-state index contributed by atoms with van der Waals surface area (Å²) in [6, 6.07) is 5.38. The van der Waals surface area contributed by atoms with Crippen molar-refractivity contribution < 1.29 is 0 Å². The summed E-state index contributed by atoms with van der Waals surface area (Å²) in [6.07, 6.45) is 0. The lowest BCUT2D eigenvalue weighted by Gasteiger charge is -2.31. The van der Waals surface area contributed by atoms with Crippen molar-refractivity contribution in [3.8, 4) is 0 Å². The van der Waals surface area contributed by atoms with Crippen molar-refractivity contribution in [1.29, 1.82) is 0 Å². The molecule has 0 fully saturated rings. The van der Waals surface area contributed by atoms with Gasteiger partial charge in [0, 0.05) is 10.0 Å². The molecule has 1 atom stereocenters. The van der Waals surface area contributed by atoms with E-state index in [1.165, 1.54) is 0 Å². The Labute approximate surface area is 101 Å². The van der Waals surface area contributed by atoms with E-state index in [1.54, 1.807) is 12.1 Å². The van der Waals surface area contributed by atoms with Crippen LogP contribution in [0.3, 0.4) is 0 Å². The lowest BCUT2D eigenvalue weighted by molar-refractivity contribution is 0.275. The van der Waals surface area contributed by atoms with Gasteiger partial charge in [0.2, 0.25) is 0 Å². The fourth-order valence-corrected chi connectivity index (χ4v) is 1.95. The second-order valence-corrected chi connectivity index (χ2v) is 5.48. The van der Waals surface area contributed by atoms with E-state index in [9.17, 15) is 0 Å². The van der Waals surface area contributed by atoms with E-state index in [1.807, 2.05) is 6.07 Å². The monoisotopic (exact) mass is 246 g/mol. The molecule has 15 heavy (non-hydrogen) atoms. The second-order valence-electron chi connectivity index (χ2n) is 4.63. The minimum Gasteiger partial charge on any atom is -0.271 e. The van der Waals surface area contributed by atoms with Crippen LogP contribution in [0.1, 0.15) is 32.4 Å². The molecule has 2 nitrogen and oxygen atoms in total. The molecule has 0 aliphatic heterocycles. The van der Waals surface area contributed by atoms with Crippen LogP contribution in [-0.2, 0) is 0 Å². The van der Waals surface area contributed by atoms with Crippen LogP contribution in [0.25, 0.3) is 0 Å². The standard InChI is InChI=1S/C11H16Cl2N2/c1-11(2,3)10(15-14)8-6-7(12)4-5-9(8)13/h4-6,10,15H,14H2,1-3H3. The highest BCUT2D eigenvalue weighted by molar-refractivity contribution is 6.33. The van der Waals surface area contributed by atoms with Crippen molar-refractivity contribution in [3.63, 3.8) is 0 Å².